The van der Waals surface area contributed by atoms with Gasteiger partial charge in [0.15, 0.2) is 0 Å². The molecular weight excluding hydrogens is 223 g/mol. The van der Waals surface area contributed by atoms with Crippen LogP contribution in [0.2, 0.25) is 0 Å². The Morgan fingerprint density at radius 3 is 2.36 bits per heavy atom. The Labute approximate surface area is 81.9 Å². The van der Waals surface area contributed by atoms with Gasteiger partial charge in [-0.05, 0) is 18.7 Å². The molecule has 14 heavy (non-hydrogen) atoms. The van der Waals surface area contributed by atoms with Crippen LogP contribution in [-0.4, -0.2) is 34.3 Å². The number of carboxylic acid groups (broad SMARTS) is 1. The van der Waals surface area contributed by atoms with Gasteiger partial charge in [-0.15, -0.1) is 0 Å². The monoisotopic (exact) mass is 231 g/mol. The molecule has 0 radical (unpaired) electrons. The van der Waals surface area contributed by atoms with Crippen LogP contribution >= 0.6 is 11.8 Å². The first kappa shape index (κ1) is 13.1. The van der Waals surface area contributed by atoms with Crippen LogP contribution in [0.1, 0.15) is 6.92 Å². The molecule has 0 saturated heterocycles. The van der Waals surface area contributed by atoms with Gasteiger partial charge in [0.25, 0.3) is 0 Å². The van der Waals surface area contributed by atoms with Crippen molar-refractivity contribution in [2.45, 2.75) is 18.5 Å². The summed E-state index contributed by atoms with van der Waals surface area (Å²) >= 11 is -0.510. The highest BCUT2D eigenvalue weighted by atomic mass is 32.2. The quantitative estimate of drug-likeness (QED) is 0.752. The number of carbonyl (C=O) groups excluding carboxylic acids is 1. The molecule has 0 aliphatic rings. The lowest BCUT2D eigenvalue weighted by Gasteiger charge is -2.09. The SMILES string of the molecule is C[C@@H](NC(=O)CSC(F)(F)F)C(=O)O. The number of nitrogens with one attached hydrogen (secondary N) is 1. The molecule has 0 aromatic carbocycles. The Morgan fingerprint density at radius 1 is 1.50 bits per heavy atom. The molecule has 2 N–H and O–H groups in total. The average Bonchev–Trinajstić information content (AvgIpc) is 1.99. The number of rotatable bonds is 4. The number of thioether (sulfide) groups is 1. The van der Waals surface area contributed by atoms with Crippen molar-refractivity contribution in [1.29, 1.82) is 0 Å². The topological polar surface area (TPSA) is 66.4 Å². The summed E-state index contributed by atoms with van der Waals surface area (Å²) in [5, 5.41) is 10.2. The lowest BCUT2D eigenvalue weighted by Crippen LogP contribution is -2.39. The predicted molar refractivity (Wildman–Crippen MR) is 43.8 cm³/mol. The number of carbonyl (C=O) groups is 2. The van der Waals surface area contributed by atoms with Crippen molar-refractivity contribution < 1.29 is 27.9 Å². The van der Waals surface area contributed by atoms with Crippen LogP contribution in [0.4, 0.5) is 13.2 Å². The Hall–Kier alpha value is -0.920. The van der Waals surface area contributed by atoms with Crippen molar-refractivity contribution in [3.05, 3.63) is 0 Å². The molecule has 0 aliphatic carbocycles. The van der Waals surface area contributed by atoms with Crippen LogP contribution < -0.4 is 5.32 Å². The van der Waals surface area contributed by atoms with Crippen LogP contribution in [0.3, 0.4) is 0 Å². The lowest BCUT2D eigenvalue weighted by atomic mass is 10.3. The third-order valence-electron chi connectivity index (χ3n) is 1.11. The maximum atomic E-state index is 11.6. The summed E-state index contributed by atoms with van der Waals surface area (Å²) in [4.78, 5) is 20.9. The second-order valence-electron chi connectivity index (χ2n) is 2.36. The minimum atomic E-state index is -4.48. The van der Waals surface area contributed by atoms with E-state index in [1.807, 2.05) is 5.32 Å². The van der Waals surface area contributed by atoms with E-state index in [-0.39, 0.29) is 0 Å². The van der Waals surface area contributed by atoms with Gasteiger partial charge in [-0.2, -0.15) is 13.2 Å². The summed E-state index contributed by atoms with van der Waals surface area (Å²) in [5.74, 6) is -3.08. The van der Waals surface area contributed by atoms with E-state index in [0.717, 1.165) is 0 Å². The highest BCUT2D eigenvalue weighted by molar-refractivity contribution is 8.00. The number of hydrogen-bond acceptors (Lipinski definition) is 3. The molecule has 0 heterocycles. The summed E-state index contributed by atoms with van der Waals surface area (Å²) in [7, 11) is 0. The molecule has 0 rings (SSSR count). The fourth-order valence-corrected chi connectivity index (χ4v) is 0.870. The number of halogens is 3. The third-order valence-corrected chi connectivity index (χ3v) is 1.85. The maximum absolute atomic E-state index is 11.6. The largest absolute Gasteiger partial charge is 0.480 e. The third kappa shape index (κ3) is 6.58. The van der Waals surface area contributed by atoms with Gasteiger partial charge in [-0.1, -0.05) is 0 Å². The Morgan fingerprint density at radius 2 is 2.00 bits per heavy atom. The van der Waals surface area contributed by atoms with Crippen molar-refractivity contribution >= 4 is 23.6 Å². The maximum Gasteiger partial charge on any atom is 0.442 e. The number of hydrogen-bond donors (Lipinski definition) is 2. The summed E-state index contributed by atoms with van der Waals surface area (Å²) in [5.41, 5.74) is -4.48. The second-order valence-corrected chi connectivity index (χ2v) is 3.40. The highest BCUT2D eigenvalue weighted by Gasteiger charge is 2.29. The molecule has 0 unspecified atom stereocenters. The zero-order valence-electron chi connectivity index (χ0n) is 7.09. The van der Waals surface area contributed by atoms with Crippen LogP contribution in [0.5, 0.6) is 0 Å². The molecule has 0 aliphatic heterocycles. The first-order valence-electron chi connectivity index (χ1n) is 3.45. The van der Waals surface area contributed by atoms with Gasteiger partial charge in [-0.25, -0.2) is 0 Å². The second kappa shape index (κ2) is 5.08. The molecule has 1 amide bonds. The Balaban J connectivity index is 3.83. The van der Waals surface area contributed by atoms with E-state index in [2.05, 4.69) is 0 Å². The van der Waals surface area contributed by atoms with Gasteiger partial charge in [-0.3, -0.25) is 9.59 Å². The van der Waals surface area contributed by atoms with Crippen molar-refractivity contribution in [3.8, 4) is 0 Å². The fraction of sp³-hybridized carbons (Fsp3) is 0.667. The highest BCUT2D eigenvalue weighted by Crippen LogP contribution is 2.29. The van der Waals surface area contributed by atoms with E-state index >= 15 is 0 Å². The lowest BCUT2D eigenvalue weighted by molar-refractivity contribution is -0.140. The number of amides is 1. The first-order valence-corrected chi connectivity index (χ1v) is 4.44. The zero-order valence-corrected chi connectivity index (χ0v) is 7.91. The number of alkyl halides is 3. The van der Waals surface area contributed by atoms with E-state index in [1.165, 1.54) is 6.92 Å². The van der Waals surface area contributed by atoms with Gasteiger partial charge in [0.1, 0.15) is 6.04 Å². The van der Waals surface area contributed by atoms with Crippen molar-refractivity contribution in [2.75, 3.05) is 5.75 Å². The molecule has 0 aromatic heterocycles. The average molecular weight is 231 g/mol. The molecule has 82 valence electrons. The molecule has 0 bridgehead atoms. The van der Waals surface area contributed by atoms with E-state index < -0.39 is 40.9 Å². The van der Waals surface area contributed by atoms with Crippen molar-refractivity contribution in [2.24, 2.45) is 0 Å². The number of aliphatic carboxylic acids is 1. The summed E-state index contributed by atoms with van der Waals surface area (Å²) in [6, 6.07) is -1.18. The predicted octanol–water partition coefficient (Wildman–Crippen LogP) is 0.829. The summed E-state index contributed by atoms with van der Waals surface area (Å²) < 4.78 is 34.7. The smallest absolute Gasteiger partial charge is 0.442 e. The molecule has 0 spiro atoms. The molecule has 0 aromatic rings. The van der Waals surface area contributed by atoms with Gasteiger partial charge in [0.05, 0.1) is 5.75 Å². The standard InChI is InChI=1S/C6H8F3NO3S/c1-3(5(12)13)10-4(11)2-14-6(7,8)9/h3H,2H2,1H3,(H,10,11)(H,12,13)/t3-/m1/s1. The molecule has 4 nitrogen and oxygen atoms in total. The van der Waals surface area contributed by atoms with Crippen molar-refractivity contribution in [3.63, 3.8) is 0 Å². The van der Waals surface area contributed by atoms with Crippen LogP contribution in [0.25, 0.3) is 0 Å². The van der Waals surface area contributed by atoms with Gasteiger partial charge in [0, 0.05) is 0 Å². The molecular formula is C6H8F3NO3S. The number of carboxylic acids is 1. The molecule has 0 fully saturated rings. The van der Waals surface area contributed by atoms with Gasteiger partial charge in [0.2, 0.25) is 5.91 Å². The van der Waals surface area contributed by atoms with Crippen LogP contribution in [0, 0.1) is 0 Å². The van der Waals surface area contributed by atoms with Gasteiger partial charge < -0.3 is 10.4 Å². The minimum Gasteiger partial charge on any atom is -0.480 e. The molecule has 8 heteroatoms. The summed E-state index contributed by atoms with van der Waals surface area (Å²) in [6.07, 6.45) is 0. The Bertz CT molecular complexity index is 231. The fourth-order valence-electron chi connectivity index (χ4n) is 0.492. The van der Waals surface area contributed by atoms with Crippen LogP contribution in [-0.2, 0) is 9.59 Å². The zero-order chi connectivity index (χ0) is 11.4. The van der Waals surface area contributed by atoms with E-state index in [4.69, 9.17) is 5.11 Å². The normalized spacial score (nSPS) is 13.4. The summed E-state index contributed by atoms with van der Waals surface area (Å²) in [6.45, 7) is 1.17. The van der Waals surface area contributed by atoms with E-state index in [0.29, 0.717) is 0 Å². The molecule has 0 saturated carbocycles. The Kier molecular flexibility index (Phi) is 4.75. The van der Waals surface area contributed by atoms with Gasteiger partial charge >= 0.3 is 11.5 Å². The molecule has 1 atom stereocenters. The van der Waals surface area contributed by atoms with E-state index in [1.54, 1.807) is 0 Å². The van der Waals surface area contributed by atoms with E-state index in [9.17, 15) is 22.8 Å². The first-order chi connectivity index (χ1) is 6.22. The van der Waals surface area contributed by atoms with Crippen molar-refractivity contribution in [1.82, 2.24) is 5.32 Å². The van der Waals surface area contributed by atoms with Crippen LogP contribution in [0.15, 0.2) is 0 Å². The minimum absolute atomic E-state index is 0.510.